The van der Waals surface area contributed by atoms with Gasteiger partial charge < -0.3 is 10.8 Å². The second-order valence-corrected chi connectivity index (χ2v) is 6.32. The molecule has 0 bridgehead atoms. The van der Waals surface area contributed by atoms with Crippen LogP contribution in [0, 0.1) is 0 Å². The lowest BCUT2D eigenvalue weighted by molar-refractivity contribution is 0.0588. The van der Waals surface area contributed by atoms with E-state index in [0.717, 1.165) is 38.3 Å². The molecular formula is C15H25N3O. The number of phenolic OH excluding ortho intramolecular Hbond substituents is 1. The first-order valence-electron chi connectivity index (χ1n) is 6.91. The van der Waals surface area contributed by atoms with E-state index >= 15 is 0 Å². The lowest BCUT2D eigenvalue weighted by Crippen LogP contribution is -2.53. The summed E-state index contributed by atoms with van der Waals surface area (Å²) in [6.45, 7) is 11.8. The first-order valence-corrected chi connectivity index (χ1v) is 6.91. The zero-order valence-electron chi connectivity index (χ0n) is 12.2. The first kappa shape index (κ1) is 14.2. The second kappa shape index (κ2) is 5.39. The molecule has 1 heterocycles. The molecule has 0 atom stereocenters. The van der Waals surface area contributed by atoms with Crippen molar-refractivity contribution in [1.82, 2.24) is 9.80 Å². The molecule has 1 saturated heterocycles. The van der Waals surface area contributed by atoms with Crippen molar-refractivity contribution >= 4 is 5.69 Å². The topological polar surface area (TPSA) is 52.7 Å². The molecule has 2 rings (SSSR count). The summed E-state index contributed by atoms with van der Waals surface area (Å²) in [7, 11) is 0. The molecule has 0 radical (unpaired) electrons. The fourth-order valence-electron chi connectivity index (χ4n) is 2.55. The normalized spacial score (nSPS) is 18.7. The number of hydrogen-bond donors (Lipinski definition) is 2. The van der Waals surface area contributed by atoms with Crippen LogP contribution < -0.4 is 5.73 Å². The number of nitrogen functional groups attached to an aromatic ring is 1. The predicted molar refractivity (Wildman–Crippen MR) is 79.1 cm³/mol. The molecular weight excluding hydrogens is 238 g/mol. The number of phenols is 1. The molecule has 1 fully saturated rings. The van der Waals surface area contributed by atoms with E-state index in [0.29, 0.717) is 11.4 Å². The molecule has 1 aromatic carbocycles. The van der Waals surface area contributed by atoms with Gasteiger partial charge >= 0.3 is 0 Å². The van der Waals surface area contributed by atoms with Crippen LogP contribution in [0.5, 0.6) is 5.75 Å². The quantitative estimate of drug-likeness (QED) is 0.632. The molecule has 0 spiro atoms. The predicted octanol–water partition coefficient (Wildman–Crippen LogP) is 1.89. The molecule has 106 valence electrons. The Morgan fingerprint density at radius 3 is 2.37 bits per heavy atom. The third kappa shape index (κ3) is 3.61. The van der Waals surface area contributed by atoms with Crippen molar-refractivity contribution in [2.75, 3.05) is 31.9 Å². The van der Waals surface area contributed by atoms with Crippen LogP contribution in [0.25, 0.3) is 0 Å². The summed E-state index contributed by atoms with van der Waals surface area (Å²) < 4.78 is 0. The lowest BCUT2D eigenvalue weighted by atomic mass is 10.0. The number of piperazine rings is 1. The van der Waals surface area contributed by atoms with Gasteiger partial charge in [0.1, 0.15) is 5.75 Å². The van der Waals surface area contributed by atoms with Crippen LogP contribution in [-0.4, -0.2) is 46.6 Å². The van der Waals surface area contributed by atoms with Crippen LogP contribution in [-0.2, 0) is 6.54 Å². The third-order valence-corrected chi connectivity index (χ3v) is 3.82. The monoisotopic (exact) mass is 263 g/mol. The number of benzene rings is 1. The minimum Gasteiger partial charge on any atom is -0.508 e. The molecule has 0 amide bonds. The van der Waals surface area contributed by atoms with E-state index in [1.165, 1.54) is 0 Å². The third-order valence-electron chi connectivity index (χ3n) is 3.82. The Balaban J connectivity index is 1.94. The molecule has 1 aliphatic rings. The number of rotatable bonds is 2. The van der Waals surface area contributed by atoms with Gasteiger partial charge in [0.25, 0.3) is 0 Å². The summed E-state index contributed by atoms with van der Waals surface area (Å²) in [6.07, 6.45) is 0. The highest BCUT2D eigenvalue weighted by Gasteiger charge is 2.25. The van der Waals surface area contributed by atoms with Gasteiger partial charge in [0.2, 0.25) is 0 Å². The van der Waals surface area contributed by atoms with Crippen LogP contribution in [0.3, 0.4) is 0 Å². The summed E-state index contributed by atoms with van der Waals surface area (Å²) in [5.74, 6) is 0.340. The minimum absolute atomic E-state index is 0.241. The maximum atomic E-state index is 9.85. The molecule has 19 heavy (non-hydrogen) atoms. The highest BCUT2D eigenvalue weighted by Crippen LogP contribution is 2.23. The van der Waals surface area contributed by atoms with Gasteiger partial charge in [-0.15, -0.1) is 0 Å². The molecule has 1 aliphatic heterocycles. The van der Waals surface area contributed by atoms with Gasteiger partial charge in [-0.05, 0) is 39.0 Å². The Bertz CT molecular complexity index is 432. The molecule has 4 nitrogen and oxygen atoms in total. The zero-order chi connectivity index (χ0) is 14.0. The zero-order valence-corrected chi connectivity index (χ0v) is 12.2. The van der Waals surface area contributed by atoms with Crippen molar-refractivity contribution in [3.63, 3.8) is 0 Å². The van der Waals surface area contributed by atoms with Crippen molar-refractivity contribution in [1.29, 1.82) is 0 Å². The fraction of sp³-hybridized carbons (Fsp3) is 0.600. The van der Waals surface area contributed by atoms with Gasteiger partial charge in [0.05, 0.1) is 0 Å². The molecule has 0 unspecified atom stereocenters. The largest absolute Gasteiger partial charge is 0.508 e. The minimum atomic E-state index is 0.241. The average molecular weight is 263 g/mol. The Hall–Kier alpha value is -1.26. The van der Waals surface area contributed by atoms with E-state index in [2.05, 4.69) is 30.6 Å². The van der Waals surface area contributed by atoms with Crippen LogP contribution in [0.15, 0.2) is 18.2 Å². The summed E-state index contributed by atoms with van der Waals surface area (Å²) in [4.78, 5) is 4.87. The molecule has 4 heteroatoms. The highest BCUT2D eigenvalue weighted by molar-refractivity contribution is 5.47. The van der Waals surface area contributed by atoms with Crippen molar-refractivity contribution in [3.05, 3.63) is 23.8 Å². The van der Waals surface area contributed by atoms with Crippen molar-refractivity contribution < 1.29 is 5.11 Å². The van der Waals surface area contributed by atoms with E-state index in [-0.39, 0.29) is 5.54 Å². The summed E-state index contributed by atoms with van der Waals surface area (Å²) in [6, 6.07) is 5.28. The summed E-state index contributed by atoms with van der Waals surface area (Å²) >= 11 is 0. The Morgan fingerprint density at radius 1 is 1.16 bits per heavy atom. The number of hydrogen-bond acceptors (Lipinski definition) is 4. The van der Waals surface area contributed by atoms with Gasteiger partial charge in [0, 0.05) is 49.5 Å². The summed E-state index contributed by atoms with van der Waals surface area (Å²) in [5.41, 5.74) is 7.65. The van der Waals surface area contributed by atoms with E-state index in [1.807, 2.05) is 6.07 Å². The van der Waals surface area contributed by atoms with Crippen molar-refractivity contribution in [2.45, 2.75) is 32.9 Å². The van der Waals surface area contributed by atoms with Crippen molar-refractivity contribution in [2.24, 2.45) is 0 Å². The van der Waals surface area contributed by atoms with Crippen LogP contribution in [0.1, 0.15) is 26.3 Å². The summed E-state index contributed by atoms with van der Waals surface area (Å²) in [5, 5.41) is 9.85. The van der Waals surface area contributed by atoms with Crippen LogP contribution in [0.4, 0.5) is 5.69 Å². The van der Waals surface area contributed by atoms with Gasteiger partial charge in [-0.2, -0.15) is 0 Å². The number of nitrogens with zero attached hydrogens (tertiary/aromatic N) is 2. The average Bonchev–Trinajstić information content (AvgIpc) is 2.33. The van der Waals surface area contributed by atoms with E-state index in [4.69, 9.17) is 5.73 Å². The second-order valence-electron chi connectivity index (χ2n) is 6.32. The van der Waals surface area contributed by atoms with Gasteiger partial charge in [-0.3, -0.25) is 9.80 Å². The number of anilines is 1. The van der Waals surface area contributed by atoms with E-state index < -0.39 is 0 Å². The SMILES string of the molecule is CC(C)(C)N1CCN(Cc2cc(N)ccc2O)CC1. The Morgan fingerprint density at radius 2 is 1.79 bits per heavy atom. The molecule has 0 aliphatic carbocycles. The molecule has 0 aromatic heterocycles. The molecule has 0 saturated carbocycles. The van der Waals surface area contributed by atoms with E-state index in [1.54, 1.807) is 12.1 Å². The Labute approximate surface area is 115 Å². The van der Waals surface area contributed by atoms with E-state index in [9.17, 15) is 5.11 Å². The fourth-order valence-corrected chi connectivity index (χ4v) is 2.55. The Kier molecular flexibility index (Phi) is 4.02. The number of nitrogens with two attached hydrogens (primary N) is 1. The van der Waals surface area contributed by atoms with Crippen LogP contribution >= 0.6 is 0 Å². The molecule has 1 aromatic rings. The maximum absolute atomic E-state index is 9.85. The van der Waals surface area contributed by atoms with Gasteiger partial charge in [-0.1, -0.05) is 0 Å². The smallest absolute Gasteiger partial charge is 0.120 e. The van der Waals surface area contributed by atoms with Crippen LogP contribution in [0.2, 0.25) is 0 Å². The standard InChI is InChI=1S/C15H25N3O/c1-15(2,3)18-8-6-17(7-9-18)11-12-10-13(16)4-5-14(12)19/h4-5,10,19H,6-9,11,16H2,1-3H3. The first-order chi connectivity index (χ1) is 8.86. The van der Waals surface area contributed by atoms with Gasteiger partial charge in [-0.25, -0.2) is 0 Å². The number of aromatic hydroxyl groups is 1. The highest BCUT2D eigenvalue weighted by atomic mass is 16.3. The van der Waals surface area contributed by atoms with Gasteiger partial charge in [0.15, 0.2) is 0 Å². The van der Waals surface area contributed by atoms with Crippen molar-refractivity contribution in [3.8, 4) is 5.75 Å². The molecule has 3 N–H and O–H groups in total. The maximum Gasteiger partial charge on any atom is 0.120 e. The lowest BCUT2D eigenvalue weighted by Gasteiger charge is -2.42.